The van der Waals surface area contributed by atoms with Crippen LogP contribution < -0.4 is 10.2 Å². The van der Waals surface area contributed by atoms with Gasteiger partial charge in [0.15, 0.2) is 0 Å². The molecular formula is C25H36N6O2. The third kappa shape index (κ3) is 5.12. The number of likely N-dealkylation sites (N-methyl/N-ethyl adjacent to an activating group) is 1. The van der Waals surface area contributed by atoms with Gasteiger partial charge in [0.1, 0.15) is 12.4 Å². The predicted octanol–water partition coefficient (Wildman–Crippen LogP) is 3.77. The normalized spacial score (nSPS) is 23.1. The highest BCUT2D eigenvalue weighted by molar-refractivity contribution is 5.90. The molecule has 2 fully saturated rings. The second kappa shape index (κ2) is 9.65. The number of hydrogen-bond donors (Lipinski definition) is 1. The van der Waals surface area contributed by atoms with Gasteiger partial charge in [-0.15, -0.1) is 0 Å². The molecule has 0 radical (unpaired) electrons. The van der Waals surface area contributed by atoms with Crippen molar-refractivity contribution in [3.8, 4) is 0 Å². The number of carbonyl (C=O) groups is 1. The van der Waals surface area contributed by atoms with Crippen LogP contribution >= 0.6 is 0 Å². The summed E-state index contributed by atoms with van der Waals surface area (Å²) in [5.41, 5.74) is 2.06. The smallest absolute Gasteiger partial charge is 0.416 e. The van der Waals surface area contributed by atoms with Crippen LogP contribution in [0.15, 0.2) is 36.5 Å². The molecular weight excluding hydrogens is 416 g/mol. The molecule has 1 amide bonds. The third-order valence-electron chi connectivity index (χ3n) is 7.12. The Labute approximate surface area is 196 Å². The molecule has 33 heavy (non-hydrogen) atoms. The van der Waals surface area contributed by atoms with Crippen LogP contribution in [-0.4, -0.2) is 71.2 Å². The lowest BCUT2D eigenvalue weighted by atomic mass is 9.88. The Balaban J connectivity index is 1.41. The minimum atomic E-state index is -0.437. The minimum absolute atomic E-state index is 0.0277. The van der Waals surface area contributed by atoms with Gasteiger partial charge < -0.3 is 15.0 Å². The second-order valence-electron chi connectivity index (χ2n) is 9.83. The summed E-state index contributed by atoms with van der Waals surface area (Å²) in [4.78, 5) is 28.0. The molecule has 2 atom stereocenters. The Morgan fingerprint density at radius 2 is 1.79 bits per heavy atom. The lowest BCUT2D eigenvalue weighted by Crippen LogP contribution is -2.49. The Morgan fingerprint density at radius 3 is 2.45 bits per heavy atom. The maximum atomic E-state index is 12.5. The van der Waals surface area contributed by atoms with Crippen molar-refractivity contribution in [3.63, 3.8) is 0 Å². The molecule has 2 saturated heterocycles. The van der Waals surface area contributed by atoms with Crippen molar-refractivity contribution in [2.75, 3.05) is 50.1 Å². The first-order chi connectivity index (χ1) is 15.8. The number of benzene rings is 1. The van der Waals surface area contributed by atoms with E-state index >= 15 is 0 Å². The van der Waals surface area contributed by atoms with Crippen LogP contribution in [0, 0.1) is 5.92 Å². The first-order valence-corrected chi connectivity index (χ1v) is 11.8. The monoisotopic (exact) mass is 452 g/mol. The number of nitrogens with zero attached hydrogens (tertiary/aromatic N) is 5. The summed E-state index contributed by atoms with van der Waals surface area (Å²) in [5.74, 6) is 1.27. The maximum Gasteiger partial charge on any atom is 0.416 e. The van der Waals surface area contributed by atoms with Gasteiger partial charge in [0, 0.05) is 38.9 Å². The summed E-state index contributed by atoms with van der Waals surface area (Å²) in [6, 6.07) is 10.5. The van der Waals surface area contributed by atoms with E-state index in [4.69, 9.17) is 4.74 Å². The zero-order valence-corrected chi connectivity index (χ0v) is 20.4. The van der Waals surface area contributed by atoms with Gasteiger partial charge >= 0.3 is 6.09 Å². The lowest BCUT2D eigenvalue weighted by molar-refractivity contribution is 0.148. The van der Waals surface area contributed by atoms with Gasteiger partial charge in [-0.25, -0.2) is 9.78 Å². The Hall–Kier alpha value is -2.71. The zero-order chi connectivity index (χ0) is 23.6. The van der Waals surface area contributed by atoms with E-state index in [1.165, 1.54) is 11.1 Å². The van der Waals surface area contributed by atoms with Crippen LogP contribution in [0.3, 0.4) is 0 Å². The summed E-state index contributed by atoms with van der Waals surface area (Å²) in [7, 11) is 2.18. The first kappa shape index (κ1) is 23.4. The molecule has 0 unspecified atom stereocenters. The Bertz CT molecular complexity index is 958. The molecule has 8 nitrogen and oxygen atoms in total. The van der Waals surface area contributed by atoms with Crippen LogP contribution in [0.1, 0.15) is 44.9 Å². The van der Waals surface area contributed by atoms with Crippen LogP contribution in [0.25, 0.3) is 0 Å². The summed E-state index contributed by atoms with van der Waals surface area (Å²) >= 11 is 0. The number of carbonyl (C=O) groups excluding carboxylic acids is 1. The Morgan fingerprint density at radius 1 is 1.09 bits per heavy atom. The third-order valence-corrected chi connectivity index (χ3v) is 7.12. The Kier molecular flexibility index (Phi) is 6.86. The summed E-state index contributed by atoms with van der Waals surface area (Å²) in [5, 5.41) is 3.38. The number of amides is 1. The molecule has 0 saturated carbocycles. The molecule has 0 aliphatic carbocycles. The second-order valence-corrected chi connectivity index (χ2v) is 9.83. The first-order valence-electron chi connectivity index (χ1n) is 11.8. The molecule has 0 bridgehead atoms. The van der Waals surface area contributed by atoms with Crippen molar-refractivity contribution in [2.24, 2.45) is 5.92 Å². The van der Waals surface area contributed by atoms with E-state index in [2.05, 4.69) is 77.2 Å². The van der Waals surface area contributed by atoms with E-state index in [9.17, 15) is 4.79 Å². The number of aromatic nitrogens is 2. The van der Waals surface area contributed by atoms with E-state index in [1.807, 2.05) is 6.92 Å². The average Bonchev–Trinajstić information content (AvgIpc) is 3.11. The van der Waals surface area contributed by atoms with Crippen molar-refractivity contribution >= 4 is 17.9 Å². The fraction of sp³-hybridized carbons (Fsp3) is 0.560. The van der Waals surface area contributed by atoms with Gasteiger partial charge in [0.2, 0.25) is 5.95 Å². The molecule has 1 aromatic heterocycles. The minimum Gasteiger partial charge on any atom is -0.447 e. The molecule has 2 aliphatic heterocycles. The van der Waals surface area contributed by atoms with Crippen LogP contribution in [0.4, 0.5) is 16.6 Å². The van der Waals surface area contributed by atoms with E-state index in [-0.39, 0.29) is 18.1 Å². The van der Waals surface area contributed by atoms with Crippen LogP contribution in [-0.2, 0) is 11.3 Å². The number of anilines is 2. The quantitative estimate of drug-likeness (QED) is 0.685. The number of piperazine rings is 1. The molecule has 8 heteroatoms. The maximum absolute atomic E-state index is 12.5. The number of hydrogen-bond acceptors (Lipinski definition) is 7. The van der Waals surface area contributed by atoms with E-state index in [0.717, 1.165) is 32.7 Å². The van der Waals surface area contributed by atoms with Crippen LogP contribution in [0.2, 0.25) is 0 Å². The van der Waals surface area contributed by atoms with Crippen molar-refractivity contribution in [1.82, 2.24) is 19.8 Å². The number of nitrogens with one attached hydrogen (secondary N) is 1. The number of cyclic esters (lactones) is 1. The number of rotatable bonds is 7. The molecule has 2 aromatic rings. The van der Waals surface area contributed by atoms with Crippen molar-refractivity contribution in [2.45, 2.75) is 45.8 Å². The van der Waals surface area contributed by atoms with Crippen molar-refractivity contribution < 1.29 is 9.53 Å². The highest BCUT2D eigenvalue weighted by atomic mass is 16.6. The summed E-state index contributed by atoms with van der Waals surface area (Å²) < 4.78 is 5.36. The largest absolute Gasteiger partial charge is 0.447 e. The topological polar surface area (TPSA) is 73.8 Å². The van der Waals surface area contributed by atoms with E-state index in [1.54, 1.807) is 17.2 Å². The van der Waals surface area contributed by atoms with Crippen molar-refractivity contribution in [3.05, 3.63) is 47.7 Å². The van der Waals surface area contributed by atoms with E-state index in [0.29, 0.717) is 18.4 Å². The van der Waals surface area contributed by atoms with Gasteiger partial charge in [0.05, 0.1) is 11.6 Å². The fourth-order valence-electron chi connectivity index (χ4n) is 4.32. The van der Waals surface area contributed by atoms with Gasteiger partial charge in [-0.1, -0.05) is 38.1 Å². The van der Waals surface area contributed by atoms with Gasteiger partial charge in [-0.3, -0.25) is 9.80 Å². The zero-order valence-electron chi connectivity index (χ0n) is 20.4. The molecule has 0 spiro atoms. The van der Waals surface area contributed by atoms with Gasteiger partial charge in [-0.05, 0) is 44.0 Å². The molecule has 3 heterocycles. The highest BCUT2D eigenvalue weighted by Gasteiger charge is 2.47. The van der Waals surface area contributed by atoms with E-state index < -0.39 is 5.54 Å². The summed E-state index contributed by atoms with van der Waals surface area (Å²) in [6.07, 6.45) is 1.32. The molecule has 2 aliphatic rings. The van der Waals surface area contributed by atoms with Crippen LogP contribution in [0.5, 0.6) is 0 Å². The molecule has 1 aromatic carbocycles. The molecule has 4 rings (SSSR count). The van der Waals surface area contributed by atoms with Crippen molar-refractivity contribution in [1.29, 1.82) is 0 Å². The predicted molar refractivity (Wildman–Crippen MR) is 130 cm³/mol. The number of ether oxygens (including phenoxy) is 1. The van der Waals surface area contributed by atoms with Gasteiger partial charge in [-0.2, -0.15) is 4.98 Å². The fourth-order valence-corrected chi connectivity index (χ4v) is 4.32. The highest BCUT2D eigenvalue weighted by Crippen LogP contribution is 2.35. The lowest BCUT2D eigenvalue weighted by Gasteiger charge is -2.34. The summed E-state index contributed by atoms with van der Waals surface area (Å²) in [6.45, 7) is 14.1. The average molecular weight is 453 g/mol. The standard InChI is InChI=1S/C25H36N6O2/c1-18(2)25(4)17-33-24(32)31(25)22-10-11-26-23(28-22)27-19(3)21-8-6-20(7-9-21)16-30-14-12-29(5)13-15-30/h6-11,18-19H,12-17H2,1-5H3,(H,26,27,28)/t19-,25+/m0/s1. The molecule has 178 valence electrons. The molecule has 1 N–H and O–H groups in total. The van der Waals surface area contributed by atoms with Gasteiger partial charge in [0.25, 0.3) is 0 Å². The SMILES string of the molecule is CC(C)[C@@]1(C)COC(=O)N1c1ccnc(N[C@@H](C)c2ccc(CN3CCN(C)CC3)cc2)n1.